The summed E-state index contributed by atoms with van der Waals surface area (Å²) in [5.41, 5.74) is 6.75. The van der Waals surface area contributed by atoms with E-state index >= 15 is 0 Å². The first-order valence-electron chi connectivity index (χ1n) is 11.2. The number of imidazole rings is 1. The monoisotopic (exact) mass is 507 g/mol. The molecule has 2 aromatic heterocycles. The van der Waals surface area contributed by atoms with Gasteiger partial charge in [-0.2, -0.15) is 4.98 Å². The Kier molecular flexibility index (Phi) is 6.46. The molecule has 1 saturated carbocycles. The fourth-order valence-corrected chi connectivity index (χ4v) is 5.13. The van der Waals surface area contributed by atoms with Crippen LogP contribution in [0.5, 0.6) is 0 Å². The van der Waals surface area contributed by atoms with E-state index in [4.69, 9.17) is 38.7 Å². The quantitative estimate of drug-likeness (QED) is 0.451. The fraction of sp³-hybridized carbons (Fsp3) is 0.455. The summed E-state index contributed by atoms with van der Waals surface area (Å²) in [4.78, 5) is 25.4. The molecule has 2 fully saturated rings. The predicted octanol–water partition coefficient (Wildman–Crippen LogP) is 4.43. The Labute approximate surface area is 205 Å². The van der Waals surface area contributed by atoms with Crippen LogP contribution in [0, 0.1) is 11.7 Å². The number of halogens is 3. The second kappa shape index (κ2) is 9.52. The lowest BCUT2D eigenvalue weighted by molar-refractivity contribution is -0.122. The van der Waals surface area contributed by atoms with E-state index in [1.165, 1.54) is 12.1 Å². The van der Waals surface area contributed by atoms with E-state index in [-0.39, 0.29) is 39.6 Å². The number of carbonyl (C=O) groups is 1. The number of carbonyl (C=O) groups excluding carboxylic acids is 1. The van der Waals surface area contributed by atoms with Gasteiger partial charge in [0.2, 0.25) is 17.8 Å². The zero-order valence-electron chi connectivity index (χ0n) is 18.2. The number of hydrogen-bond donors (Lipinski definition) is 3. The first-order valence-corrected chi connectivity index (χ1v) is 11.9. The van der Waals surface area contributed by atoms with E-state index in [1.807, 2.05) is 4.57 Å². The summed E-state index contributed by atoms with van der Waals surface area (Å²) in [6, 6.07) is 2.77. The van der Waals surface area contributed by atoms with E-state index in [2.05, 4.69) is 20.6 Å². The third-order valence-corrected chi connectivity index (χ3v) is 6.92. The highest BCUT2D eigenvalue weighted by Gasteiger charge is 2.30. The Morgan fingerprint density at radius 1 is 1.18 bits per heavy atom. The molecule has 180 valence electrons. The van der Waals surface area contributed by atoms with Crippen molar-refractivity contribution in [2.45, 2.75) is 44.2 Å². The van der Waals surface area contributed by atoms with Crippen molar-refractivity contribution < 1.29 is 13.9 Å². The van der Waals surface area contributed by atoms with Crippen molar-refractivity contribution in [1.29, 1.82) is 0 Å². The normalized spacial score (nSPS) is 22.7. The number of nitrogens with two attached hydrogens (primary N) is 1. The average molecular weight is 508 g/mol. The Morgan fingerprint density at radius 2 is 1.97 bits per heavy atom. The smallest absolute Gasteiger partial charge is 0.225 e. The molecule has 12 heteroatoms. The summed E-state index contributed by atoms with van der Waals surface area (Å²) < 4.78 is 22.1. The van der Waals surface area contributed by atoms with Crippen LogP contribution in [0.25, 0.3) is 11.2 Å². The lowest BCUT2D eigenvalue weighted by Crippen LogP contribution is -2.29. The molecule has 9 nitrogen and oxygen atoms in total. The molecule has 1 aromatic carbocycles. The highest BCUT2D eigenvalue weighted by Crippen LogP contribution is 2.38. The van der Waals surface area contributed by atoms with Crippen LogP contribution in [0.4, 0.5) is 22.0 Å². The number of rotatable bonds is 6. The summed E-state index contributed by atoms with van der Waals surface area (Å²) >= 11 is 12.2. The number of nitrogens with one attached hydrogen (secondary N) is 2. The molecule has 0 radical (unpaired) electrons. The number of fused-ring (bicyclic) bond motifs is 1. The lowest BCUT2D eigenvalue weighted by atomic mass is 9.85. The third-order valence-electron chi connectivity index (χ3n) is 6.40. The van der Waals surface area contributed by atoms with Crippen LogP contribution in [0.15, 0.2) is 18.3 Å². The Morgan fingerprint density at radius 3 is 2.65 bits per heavy atom. The van der Waals surface area contributed by atoms with Gasteiger partial charge in [0.1, 0.15) is 11.3 Å². The van der Waals surface area contributed by atoms with E-state index in [9.17, 15) is 9.18 Å². The van der Waals surface area contributed by atoms with Gasteiger partial charge in [-0.15, -0.1) is 0 Å². The fourth-order valence-electron chi connectivity index (χ4n) is 4.62. The van der Waals surface area contributed by atoms with Crippen LogP contribution >= 0.6 is 23.2 Å². The number of nitrogens with zero attached hydrogens (tertiary/aromatic N) is 4. The minimum atomic E-state index is -0.594. The van der Waals surface area contributed by atoms with Crippen LogP contribution < -0.4 is 16.4 Å². The van der Waals surface area contributed by atoms with Gasteiger partial charge in [0.05, 0.1) is 29.6 Å². The molecule has 4 N–H and O–H groups in total. The summed E-state index contributed by atoms with van der Waals surface area (Å²) in [5.74, 6) is -0.175. The molecule has 1 aliphatic heterocycles. The molecule has 0 bridgehead atoms. The maximum Gasteiger partial charge on any atom is 0.225 e. The molecule has 0 unspecified atom stereocenters. The van der Waals surface area contributed by atoms with Crippen LogP contribution in [0.3, 0.4) is 0 Å². The minimum absolute atomic E-state index is 0.0187. The largest absolute Gasteiger partial charge is 0.379 e. The first kappa shape index (κ1) is 23.1. The topological polar surface area (TPSA) is 120 Å². The number of ether oxygens (including phenoxy) is 1. The van der Waals surface area contributed by atoms with E-state index in [0.29, 0.717) is 62.0 Å². The van der Waals surface area contributed by atoms with E-state index in [1.54, 1.807) is 6.20 Å². The van der Waals surface area contributed by atoms with Crippen LogP contribution in [-0.2, 0) is 9.53 Å². The van der Waals surface area contributed by atoms with Crippen molar-refractivity contribution >= 4 is 57.9 Å². The molecule has 5 rings (SSSR count). The van der Waals surface area contributed by atoms with Crippen molar-refractivity contribution in [3.63, 3.8) is 0 Å². The van der Waals surface area contributed by atoms with Crippen molar-refractivity contribution in [2.75, 3.05) is 23.8 Å². The van der Waals surface area contributed by atoms with Gasteiger partial charge in [-0.3, -0.25) is 9.36 Å². The molecule has 3 aromatic rings. The summed E-state index contributed by atoms with van der Waals surface area (Å²) in [6.07, 6.45) is 5.23. The van der Waals surface area contributed by atoms with Gasteiger partial charge in [-0.05, 0) is 44.2 Å². The van der Waals surface area contributed by atoms with Crippen LogP contribution in [0.2, 0.25) is 10.0 Å². The molecule has 34 heavy (non-hydrogen) atoms. The second-order valence-corrected chi connectivity index (χ2v) is 9.53. The van der Waals surface area contributed by atoms with Gasteiger partial charge >= 0.3 is 0 Å². The highest BCUT2D eigenvalue weighted by atomic mass is 35.5. The maximum absolute atomic E-state index is 14.7. The van der Waals surface area contributed by atoms with Gasteiger partial charge in [0, 0.05) is 23.6 Å². The average Bonchev–Trinajstić information content (AvgIpc) is 3.43. The van der Waals surface area contributed by atoms with E-state index in [0.717, 1.165) is 6.42 Å². The zero-order valence-corrected chi connectivity index (χ0v) is 19.7. The van der Waals surface area contributed by atoms with Crippen molar-refractivity contribution in [2.24, 2.45) is 11.7 Å². The van der Waals surface area contributed by atoms with E-state index < -0.39 is 5.82 Å². The summed E-state index contributed by atoms with van der Waals surface area (Å²) in [7, 11) is 0. The standard InChI is InChI=1S/C22H24Cl2FN7O2/c23-12-7-15(24)18(16(25)8-12)30-22-29-17-9-27-21(28-13-5-6-34-10-13)31-20(17)32(22)14-3-1-11(2-4-14)19(26)33/h7-9,11,13-14H,1-6,10H2,(H2,26,33)(H,29,30)(H,27,28,31)/t11-,13-,14+/m0/s1. The molecule has 1 saturated heterocycles. The van der Waals surface area contributed by atoms with Crippen LogP contribution in [-0.4, -0.2) is 44.7 Å². The zero-order chi connectivity index (χ0) is 23.8. The number of amides is 1. The SMILES string of the molecule is NC(=O)[C@H]1CC[C@@H](n2c(Nc3c(F)cc(Cl)cc3Cl)nc3cnc(N[C@H]4CCOC4)nc32)CC1. The lowest BCUT2D eigenvalue weighted by Gasteiger charge is -2.29. The van der Waals surface area contributed by atoms with Gasteiger partial charge in [-0.1, -0.05) is 23.2 Å². The number of benzene rings is 1. The third kappa shape index (κ3) is 4.62. The number of hydrogen-bond acceptors (Lipinski definition) is 7. The second-order valence-electron chi connectivity index (χ2n) is 8.69. The molecule has 3 heterocycles. The molecule has 1 aliphatic carbocycles. The molecule has 1 atom stereocenters. The molecule has 1 amide bonds. The Balaban J connectivity index is 1.54. The molecule has 2 aliphatic rings. The van der Waals surface area contributed by atoms with Crippen LogP contribution in [0.1, 0.15) is 38.1 Å². The summed E-state index contributed by atoms with van der Waals surface area (Å²) in [5, 5.41) is 6.67. The first-order chi connectivity index (χ1) is 16.4. The number of primary amides is 1. The predicted molar refractivity (Wildman–Crippen MR) is 128 cm³/mol. The van der Waals surface area contributed by atoms with Crippen molar-refractivity contribution in [1.82, 2.24) is 19.5 Å². The number of aromatic nitrogens is 4. The van der Waals surface area contributed by atoms with Crippen molar-refractivity contribution in [3.05, 3.63) is 34.2 Å². The minimum Gasteiger partial charge on any atom is -0.379 e. The Hall–Kier alpha value is -2.69. The molecule has 0 spiro atoms. The summed E-state index contributed by atoms with van der Waals surface area (Å²) in [6.45, 7) is 1.29. The Bertz CT molecular complexity index is 1200. The maximum atomic E-state index is 14.7. The highest BCUT2D eigenvalue weighted by molar-refractivity contribution is 6.36. The van der Waals surface area contributed by atoms with Crippen molar-refractivity contribution in [3.8, 4) is 0 Å². The number of anilines is 3. The molecular weight excluding hydrogens is 484 g/mol. The molecular formula is C22H24Cl2FN7O2. The van der Waals surface area contributed by atoms with Gasteiger partial charge in [0.15, 0.2) is 5.65 Å². The van der Waals surface area contributed by atoms with Gasteiger partial charge in [-0.25, -0.2) is 14.4 Å². The van der Waals surface area contributed by atoms with Gasteiger partial charge in [0.25, 0.3) is 0 Å². The van der Waals surface area contributed by atoms with Gasteiger partial charge < -0.3 is 21.1 Å².